The summed E-state index contributed by atoms with van der Waals surface area (Å²) in [7, 11) is 1.62. The molecule has 0 aliphatic rings. The number of halogens is 2. The summed E-state index contributed by atoms with van der Waals surface area (Å²) in [5.41, 5.74) is 0.637. The monoisotopic (exact) mass is 175 g/mol. The van der Waals surface area contributed by atoms with E-state index in [1.54, 1.807) is 14.0 Å². The first-order valence-corrected chi connectivity index (χ1v) is 3.43. The molecule has 0 bridgehead atoms. The molecule has 0 saturated carbocycles. The van der Waals surface area contributed by atoms with Gasteiger partial charge in [-0.25, -0.2) is 13.5 Å². The maximum atomic E-state index is 11.7. The lowest BCUT2D eigenvalue weighted by Crippen LogP contribution is -2.10. The van der Waals surface area contributed by atoms with Crippen LogP contribution in [0.25, 0.3) is 0 Å². The van der Waals surface area contributed by atoms with Crippen molar-refractivity contribution in [2.45, 2.75) is 13.3 Å². The molecule has 1 radical (unpaired) electrons. The number of aryl methyl sites for hydroxylation is 2. The zero-order chi connectivity index (χ0) is 9.14. The molecule has 0 aliphatic heterocycles. The molecule has 1 aromatic rings. The molecule has 1 rings (SSSR count). The fraction of sp³-hybridized carbons (Fsp3) is 0.571. The van der Waals surface area contributed by atoms with E-state index in [-0.39, 0.29) is 0 Å². The lowest BCUT2D eigenvalue weighted by Gasteiger charge is -2.05. The van der Waals surface area contributed by atoms with Crippen LogP contribution < -0.4 is 4.74 Å². The van der Waals surface area contributed by atoms with Gasteiger partial charge in [-0.1, -0.05) is 0 Å². The Morgan fingerprint density at radius 2 is 2.33 bits per heavy atom. The molecule has 0 aromatic carbocycles. The number of ether oxygens (including phenoxy) is 1. The Balaban J connectivity index is 2.62. The van der Waals surface area contributed by atoms with Gasteiger partial charge in [0.2, 0.25) is 5.88 Å². The zero-order valence-electron chi connectivity index (χ0n) is 6.84. The first-order valence-electron chi connectivity index (χ1n) is 3.43. The molecule has 0 aliphatic carbocycles. The second-order valence-corrected chi connectivity index (χ2v) is 2.37. The van der Waals surface area contributed by atoms with E-state index in [1.165, 1.54) is 4.68 Å². The molecule has 1 aromatic heterocycles. The molecule has 0 atom stereocenters. The SMILES string of the molecule is Cc1[c]nn(C)c1OCC(F)F. The third kappa shape index (κ3) is 1.93. The van der Waals surface area contributed by atoms with E-state index >= 15 is 0 Å². The first kappa shape index (κ1) is 8.96. The Bertz CT molecular complexity index is 240. The second-order valence-electron chi connectivity index (χ2n) is 2.37. The smallest absolute Gasteiger partial charge is 0.272 e. The van der Waals surface area contributed by atoms with Crippen molar-refractivity contribution in [3.05, 3.63) is 11.8 Å². The minimum absolute atomic E-state index is 0.343. The predicted molar refractivity (Wildman–Crippen MR) is 38.3 cm³/mol. The van der Waals surface area contributed by atoms with Gasteiger partial charge in [0, 0.05) is 12.6 Å². The number of alkyl halides is 2. The van der Waals surface area contributed by atoms with Crippen molar-refractivity contribution in [1.29, 1.82) is 0 Å². The van der Waals surface area contributed by atoms with E-state index in [9.17, 15) is 8.78 Å². The quantitative estimate of drug-likeness (QED) is 0.689. The van der Waals surface area contributed by atoms with Crippen molar-refractivity contribution in [2.24, 2.45) is 7.05 Å². The van der Waals surface area contributed by atoms with Crippen molar-refractivity contribution >= 4 is 0 Å². The third-order valence-electron chi connectivity index (χ3n) is 1.33. The summed E-state index contributed by atoms with van der Waals surface area (Å²) < 4.78 is 29.6. The van der Waals surface area contributed by atoms with E-state index in [4.69, 9.17) is 4.74 Å². The second kappa shape index (κ2) is 3.51. The molecule has 0 saturated heterocycles. The van der Waals surface area contributed by atoms with Crippen molar-refractivity contribution in [2.75, 3.05) is 6.61 Å². The fourth-order valence-corrected chi connectivity index (χ4v) is 0.830. The maximum Gasteiger partial charge on any atom is 0.272 e. The molecule has 0 fully saturated rings. The summed E-state index contributed by atoms with van der Waals surface area (Å²) in [5, 5.41) is 3.72. The highest BCUT2D eigenvalue weighted by Gasteiger charge is 2.09. The standard InChI is InChI=1S/C7H9F2N2O/c1-5-3-10-11(2)7(5)12-4-6(8)9/h6H,4H2,1-2H3. The van der Waals surface area contributed by atoms with Crippen LogP contribution in [-0.4, -0.2) is 22.8 Å². The summed E-state index contributed by atoms with van der Waals surface area (Å²) >= 11 is 0. The summed E-state index contributed by atoms with van der Waals surface area (Å²) in [4.78, 5) is 0. The van der Waals surface area contributed by atoms with Gasteiger partial charge in [-0.3, -0.25) is 0 Å². The minimum atomic E-state index is -2.46. The molecule has 0 spiro atoms. The van der Waals surface area contributed by atoms with Crippen LogP contribution >= 0.6 is 0 Å². The van der Waals surface area contributed by atoms with Crippen LogP contribution in [0.2, 0.25) is 0 Å². The maximum absolute atomic E-state index is 11.7. The number of hydrogen-bond acceptors (Lipinski definition) is 2. The normalized spacial score (nSPS) is 10.8. The Kier molecular flexibility index (Phi) is 2.62. The lowest BCUT2D eigenvalue weighted by molar-refractivity contribution is 0.0771. The average molecular weight is 175 g/mol. The van der Waals surface area contributed by atoms with Crippen molar-refractivity contribution in [3.63, 3.8) is 0 Å². The van der Waals surface area contributed by atoms with E-state index in [1.807, 2.05) is 0 Å². The van der Waals surface area contributed by atoms with Crippen molar-refractivity contribution in [1.82, 2.24) is 9.78 Å². The molecule has 1 heterocycles. The summed E-state index contributed by atoms with van der Waals surface area (Å²) in [5.74, 6) is 0.343. The van der Waals surface area contributed by atoms with Gasteiger partial charge in [0.25, 0.3) is 6.43 Å². The largest absolute Gasteiger partial charge is 0.472 e. The first-order chi connectivity index (χ1) is 5.61. The van der Waals surface area contributed by atoms with Gasteiger partial charge in [-0.05, 0) is 6.92 Å². The Morgan fingerprint density at radius 1 is 1.67 bits per heavy atom. The van der Waals surface area contributed by atoms with Crippen molar-refractivity contribution in [3.8, 4) is 5.88 Å². The predicted octanol–water partition coefficient (Wildman–Crippen LogP) is 1.17. The fourth-order valence-electron chi connectivity index (χ4n) is 0.830. The highest BCUT2D eigenvalue weighted by atomic mass is 19.3. The number of nitrogens with zero attached hydrogens (tertiary/aromatic N) is 2. The van der Waals surface area contributed by atoms with Crippen LogP contribution in [-0.2, 0) is 7.05 Å². The molecular formula is C7H9F2N2O. The molecule has 0 N–H and O–H groups in total. The van der Waals surface area contributed by atoms with E-state index in [0.717, 1.165) is 0 Å². The molecular weight excluding hydrogens is 166 g/mol. The van der Waals surface area contributed by atoms with Crippen LogP contribution in [0.15, 0.2) is 0 Å². The Morgan fingerprint density at radius 3 is 2.75 bits per heavy atom. The number of rotatable bonds is 3. The van der Waals surface area contributed by atoms with Gasteiger partial charge >= 0.3 is 0 Å². The summed E-state index contributed by atoms with van der Waals surface area (Å²) in [6.07, 6.45) is 0.145. The summed E-state index contributed by atoms with van der Waals surface area (Å²) in [6.45, 7) is 1.10. The van der Waals surface area contributed by atoms with Crippen LogP contribution in [0.3, 0.4) is 0 Å². The van der Waals surface area contributed by atoms with Crippen LogP contribution in [0.5, 0.6) is 5.88 Å². The zero-order valence-corrected chi connectivity index (χ0v) is 6.84. The number of hydrogen-bond donors (Lipinski definition) is 0. The van der Waals surface area contributed by atoms with Gasteiger partial charge in [-0.2, -0.15) is 5.10 Å². The van der Waals surface area contributed by atoms with E-state index in [0.29, 0.717) is 11.4 Å². The van der Waals surface area contributed by atoms with Gasteiger partial charge < -0.3 is 4.74 Å². The van der Waals surface area contributed by atoms with Crippen LogP contribution in [0, 0.1) is 13.1 Å². The van der Waals surface area contributed by atoms with Gasteiger partial charge in [-0.15, -0.1) is 0 Å². The third-order valence-corrected chi connectivity index (χ3v) is 1.33. The van der Waals surface area contributed by atoms with Gasteiger partial charge in [0.05, 0.1) is 0 Å². The van der Waals surface area contributed by atoms with Gasteiger partial charge in [0.1, 0.15) is 6.20 Å². The summed E-state index contributed by atoms with van der Waals surface area (Å²) in [6, 6.07) is 0. The van der Waals surface area contributed by atoms with Gasteiger partial charge in [0.15, 0.2) is 6.61 Å². The molecule has 12 heavy (non-hydrogen) atoms. The molecule has 0 unspecified atom stereocenters. The minimum Gasteiger partial charge on any atom is -0.472 e. The van der Waals surface area contributed by atoms with Crippen LogP contribution in [0.1, 0.15) is 5.56 Å². The molecule has 5 heteroatoms. The average Bonchev–Trinajstić information content (AvgIpc) is 2.28. The number of aromatic nitrogens is 2. The highest BCUT2D eigenvalue weighted by Crippen LogP contribution is 2.14. The van der Waals surface area contributed by atoms with Crippen molar-refractivity contribution < 1.29 is 13.5 Å². The highest BCUT2D eigenvalue weighted by molar-refractivity contribution is 5.20. The molecule has 3 nitrogen and oxygen atoms in total. The topological polar surface area (TPSA) is 27.1 Å². The van der Waals surface area contributed by atoms with E-state index in [2.05, 4.69) is 11.3 Å². The van der Waals surface area contributed by atoms with Crippen LogP contribution in [0.4, 0.5) is 8.78 Å². The molecule has 67 valence electrons. The Hall–Kier alpha value is -1.13. The Labute approximate surface area is 68.9 Å². The molecule has 0 amide bonds. The lowest BCUT2D eigenvalue weighted by atomic mass is 10.4. The van der Waals surface area contributed by atoms with E-state index < -0.39 is 13.0 Å².